The third-order valence-electron chi connectivity index (χ3n) is 1.37. The Balaban J connectivity index is 3.49. The Bertz CT molecular complexity index is 104. The van der Waals surface area contributed by atoms with E-state index in [9.17, 15) is 4.79 Å². The number of carbonyl (C=O) groups is 1. The average Bonchev–Trinajstić information content (AvgIpc) is 1.89. The molecule has 1 atom stereocenters. The predicted molar refractivity (Wildman–Crippen MR) is 39.2 cm³/mol. The van der Waals surface area contributed by atoms with Gasteiger partial charge in [-0.3, -0.25) is 9.63 Å². The van der Waals surface area contributed by atoms with Gasteiger partial charge in [-0.15, -0.1) is 0 Å². The fourth-order valence-corrected chi connectivity index (χ4v) is 0.765. The highest BCUT2D eigenvalue weighted by atomic mass is 16.6. The molecule has 0 radical (unpaired) electrons. The van der Waals surface area contributed by atoms with Crippen LogP contribution in [0.15, 0.2) is 0 Å². The maximum absolute atomic E-state index is 10.9. The van der Waals surface area contributed by atoms with Crippen molar-refractivity contribution in [2.75, 3.05) is 7.11 Å². The largest absolute Gasteiger partial charge is 0.277 e. The van der Waals surface area contributed by atoms with Crippen LogP contribution in [0.3, 0.4) is 0 Å². The number of amides is 1. The second-order valence-corrected chi connectivity index (χ2v) is 2.36. The maximum atomic E-state index is 10.9. The van der Waals surface area contributed by atoms with E-state index < -0.39 is 0 Å². The summed E-state index contributed by atoms with van der Waals surface area (Å²) in [6.45, 7) is 3.94. The molecule has 0 fully saturated rings. The Morgan fingerprint density at radius 1 is 1.70 bits per heavy atom. The second-order valence-electron chi connectivity index (χ2n) is 2.36. The van der Waals surface area contributed by atoms with E-state index in [1.54, 1.807) is 0 Å². The quantitative estimate of drug-likeness (QED) is 0.601. The summed E-state index contributed by atoms with van der Waals surface area (Å²) in [5.74, 6) is 0.0225. The highest BCUT2D eigenvalue weighted by Gasteiger charge is 2.09. The van der Waals surface area contributed by atoms with Crippen LogP contribution in [0.25, 0.3) is 0 Å². The van der Waals surface area contributed by atoms with Gasteiger partial charge in [0, 0.05) is 5.92 Å². The lowest BCUT2D eigenvalue weighted by Gasteiger charge is -2.07. The van der Waals surface area contributed by atoms with Gasteiger partial charge in [0.25, 0.3) is 0 Å². The van der Waals surface area contributed by atoms with Crippen molar-refractivity contribution in [3.63, 3.8) is 0 Å². The zero-order valence-electron chi connectivity index (χ0n) is 6.81. The van der Waals surface area contributed by atoms with Gasteiger partial charge in [-0.05, 0) is 6.42 Å². The van der Waals surface area contributed by atoms with Crippen molar-refractivity contribution in [2.45, 2.75) is 26.7 Å². The van der Waals surface area contributed by atoms with Crippen molar-refractivity contribution in [1.29, 1.82) is 0 Å². The van der Waals surface area contributed by atoms with E-state index >= 15 is 0 Å². The summed E-state index contributed by atoms with van der Waals surface area (Å²) in [6.07, 6.45) is 1.94. The van der Waals surface area contributed by atoms with Gasteiger partial charge in [-0.2, -0.15) is 0 Å². The summed E-state index contributed by atoms with van der Waals surface area (Å²) < 4.78 is 0. The van der Waals surface area contributed by atoms with E-state index in [0.717, 1.165) is 12.8 Å². The maximum Gasteiger partial charge on any atom is 0.246 e. The Morgan fingerprint density at radius 3 is 2.70 bits per heavy atom. The molecule has 1 N–H and O–H groups in total. The van der Waals surface area contributed by atoms with Gasteiger partial charge < -0.3 is 0 Å². The topological polar surface area (TPSA) is 38.3 Å². The van der Waals surface area contributed by atoms with Gasteiger partial charge in [-0.1, -0.05) is 20.3 Å². The minimum Gasteiger partial charge on any atom is -0.277 e. The monoisotopic (exact) mass is 145 g/mol. The van der Waals surface area contributed by atoms with Crippen LogP contribution in [-0.2, 0) is 9.63 Å². The zero-order valence-corrected chi connectivity index (χ0v) is 6.81. The summed E-state index contributed by atoms with van der Waals surface area (Å²) in [5, 5.41) is 0. The Hall–Kier alpha value is -0.570. The minimum atomic E-state index is -0.0376. The van der Waals surface area contributed by atoms with Crippen molar-refractivity contribution in [3.05, 3.63) is 0 Å². The summed E-state index contributed by atoms with van der Waals surface area (Å²) in [6, 6.07) is 0. The van der Waals surface area contributed by atoms with Crippen molar-refractivity contribution in [1.82, 2.24) is 5.48 Å². The van der Waals surface area contributed by atoms with Crippen LogP contribution < -0.4 is 5.48 Å². The third kappa shape index (κ3) is 3.45. The molecule has 0 aromatic heterocycles. The first-order valence-corrected chi connectivity index (χ1v) is 3.55. The van der Waals surface area contributed by atoms with Gasteiger partial charge in [0.1, 0.15) is 0 Å². The molecule has 0 aliphatic rings. The Kier molecular flexibility index (Phi) is 4.94. The van der Waals surface area contributed by atoms with Gasteiger partial charge >= 0.3 is 0 Å². The molecule has 3 nitrogen and oxygen atoms in total. The number of carbonyl (C=O) groups excluding carboxylic acids is 1. The fraction of sp³-hybridized carbons (Fsp3) is 0.857. The zero-order chi connectivity index (χ0) is 7.98. The lowest BCUT2D eigenvalue weighted by molar-refractivity contribution is -0.135. The van der Waals surface area contributed by atoms with Crippen molar-refractivity contribution < 1.29 is 9.63 Å². The number of hydroxylamine groups is 1. The van der Waals surface area contributed by atoms with E-state index in [1.165, 1.54) is 7.11 Å². The smallest absolute Gasteiger partial charge is 0.246 e. The molecule has 60 valence electrons. The summed E-state index contributed by atoms with van der Waals surface area (Å²) >= 11 is 0. The molecular formula is C7H15NO2. The highest BCUT2D eigenvalue weighted by molar-refractivity contribution is 5.77. The lowest BCUT2D eigenvalue weighted by Crippen LogP contribution is -2.27. The molecule has 0 bridgehead atoms. The molecule has 0 aromatic rings. The van der Waals surface area contributed by atoms with E-state index in [0.29, 0.717) is 0 Å². The average molecular weight is 145 g/mol. The third-order valence-corrected chi connectivity index (χ3v) is 1.37. The van der Waals surface area contributed by atoms with Gasteiger partial charge in [0.05, 0.1) is 7.11 Å². The van der Waals surface area contributed by atoms with Gasteiger partial charge in [0.15, 0.2) is 0 Å². The van der Waals surface area contributed by atoms with E-state index in [4.69, 9.17) is 0 Å². The standard InChI is InChI=1S/C7H15NO2/c1-4-5-6(2)7(9)8-10-3/h6H,4-5H2,1-3H3,(H,8,9). The van der Waals surface area contributed by atoms with Gasteiger partial charge in [0.2, 0.25) is 5.91 Å². The number of hydrogen-bond acceptors (Lipinski definition) is 2. The molecule has 0 saturated carbocycles. The van der Waals surface area contributed by atoms with Gasteiger partial charge in [-0.25, -0.2) is 5.48 Å². The highest BCUT2D eigenvalue weighted by Crippen LogP contribution is 2.03. The van der Waals surface area contributed by atoms with Crippen LogP contribution in [0, 0.1) is 5.92 Å². The van der Waals surface area contributed by atoms with Crippen LogP contribution in [0.4, 0.5) is 0 Å². The van der Waals surface area contributed by atoms with Crippen LogP contribution in [-0.4, -0.2) is 13.0 Å². The Morgan fingerprint density at radius 2 is 2.30 bits per heavy atom. The van der Waals surface area contributed by atoms with Crippen molar-refractivity contribution in [2.24, 2.45) is 5.92 Å². The number of hydrogen-bond donors (Lipinski definition) is 1. The summed E-state index contributed by atoms with van der Waals surface area (Å²) in [5.41, 5.74) is 2.29. The van der Waals surface area contributed by atoms with E-state index in [1.807, 2.05) is 6.92 Å². The van der Waals surface area contributed by atoms with E-state index in [-0.39, 0.29) is 11.8 Å². The molecule has 0 aromatic carbocycles. The SMILES string of the molecule is CCCC(C)C(=O)NOC. The summed E-state index contributed by atoms with van der Waals surface area (Å²) in [7, 11) is 1.44. The molecule has 0 heterocycles. The fourth-order valence-electron chi connectivity index (χ4n) is 0.765. The van der Waals surface area contributed by atoms with Crippen LogP contribution in [0.1, 0.15) is 26.7 Å². The molecule has 1 unspecified atom stereocenters. The Labute approximate surface area is 61.7 Å². The summed E-state index contributed by atoms with van der Waals surface area (Å²) in [4.78, 5) is 15.4. The molecule has 0 saturated heterocycles. The van der Waals surface area contributed by atoms with Crippen LogP contribution in [0.2, 0.25) is 0 Å². The second kappa shape index (κ2) is 5.23. The molecule has 0 aliphatic carbocycles. The van der Waals surface area contributed by atoms with E-state index in [2.05, 4.69) is 17.2 Å². The molecule has 1 amide bonds. The number of rotatable bonds is 4. The predicted octanol–water partition coefficient (Wildman–Crippen LogP) is 1.10. The molecule has 3 heteroatoms. The first kappa shape index (κ1) is 9.43. The molecular weight excluding hydrogens is 130 g/mol. The molecule has 10 heavy (non-hydrogen) atoms. The van der Waals surface area contributed by atoms with Crippen molar-refractivity contribution in [3.8, 4) is 0 Å². The molecule has 0 aliphatic heterocycles. The van der Waals surface area contributed by atoms with Crippen molar-refractivity contribution >= 4 is 5.91 Å². The number of nitrogens with one attached hydrogen (secondary N) is 1. The minimum absolute atomic E-state index is 0.0376. The first-order valence-electron chi connectivity index (χ1n) is 3.55. The first-order chi connectivity index (χ1) is 4.72. The molecule has 0 spiro atoms. The van der Waals surface area contributed by atoms with Crippen LogP contribution >= 0.6 is 0 Å². The van der Waals surface area contributed by atoms with Crippen LogP contribution in [0.5, 0.6) is 0 Å². The normalized spacial score (nSPS) is 12.7. The lowest BCUT2D eigenvalue weighted by atomic mass is 10.1. The molecule has 0 rings (SSSR count).